The number of allylic oxidation sites excluding steroid dienone is 8. The quantitative estimate of drug-likeness (QED) is 0.0196. The van der Waals surface area contributed by atoms with E-state index in [9.17, 15) is 19.0 Å². The molecule has 0 aliphatic carbocycles. The number of hydrogen-bond acceptors (Lipinski definition) is 8. The van der Waals surface area contributed by atoms with E-state index in [1.165, 1.54) is 89.9 Å². The molecule has 0 fully saturated rings. The second-order valence-electron chi connectivity index (χ2n) is 16.8. The van der Waals surface area contributed by atoms with Crippen LogP contribution in [0.3, 0.4) is 0 Å². The Kier molecular flexibility index (Phi) is 39.0. The van der Waals surface area contributed by atoms with Gasteiger partial charge in [0, 0.05) is 12.8 Å². The molecule has 0 bridgehead atoms. The number of rotatable bonds is 42. The lowest BCUT2D eigenvalue weighted by atomic mass is 10.1. The van der Waals surface area contributed by atoms with Crippen molar-refractivity contribution < 1.29 is 42.1 Å². The predicted molar refractivity (Wildman–Crippen MR) is 240 cm³/mol. The van der Waals surface area contributed by atoms with Crippen molar-refractivity contribution in [1.29, 1.82) is 0 Å². The van der Waals surface area contributed by atoms with Gasteiger partial charge in [-0.15, -0.1) is 0 Å². The van der Waals surface area contributed by atoms with Crippen LogP contribution in [0.25, 0.3) is 0 Å². The standard InChI is InChI=1S/C48H88NO8P/c1-6-8-10-12-14-16-18-20-22-24-26-28-30-32-34-36-38-40-47(50)54-44-46(45-56-58(52,53)55-43-42-49(3,4)5)57-48(51)41-39-37-35-33-31-29-27-25-23-21-19-17-15-13-11-9-7-2/h14,16,20-23,26,28,46H,6-13,15,17-19,24-25,27,29-45H2,1-5H3/b16-14-,22-20-,23-21-,28-26-/t46-/m1/s1. The molecule has 0 amide bonds. The summed E-state index contributed by atoms with van der Waals surface area (Å²) in [4.78, 5) is 37.6. The zero-order valence-electron chi connectivity index (χ0n) is 38.0. The molecule has 0 aromatic heterocycles. The summed E-state index contributed by atoms with van der Waals surface area (Å²) in [6.45, 7) is 4.17. The van der Waals surface area contributed by atoms with E-state index >= 15 is 0 Å². The Morgan fingerprint density at radius 3 is 1.43 bits per heavy atom. The first-order valence-corrected chi connectivity index (χ1v) is 24.8. The van der Waals surface area contributed by atoms with Gasteiger partial charge in [0.1, 0.15) is 19.8 Å². The van der Waals surface area contributed by atoms with Crippen LogP contribution >= 0.6 is 7.82 Å². The average Bonchev–Trinajstić information content (AvgIpc) is 3.17. The van der Waals surface area contributed by atoms with Crippen molar-refractivity contribution >= 4 is 19.8 Å². The van der Waals surface area contributed by atoms with Gasteiger partial charge in [-0.2, -0.15) is 0 Å². The van der Waals surface area contributed by atoms with Crippen LogP contribution in [0.5, 0.6) is 0 Å². The summed E-state index contributed by atoms with van der Waals surface area (Å²) >= 11 is 0. The molecule has 0 rings (SSSR count). The molecule has 0 aliphatic heterocycles. The Morgan fingerprint density at radius 1 is 0.534 bits per heavy atom. The predicted octanol–water partition coefficient (Wildman–Crippen LogP) is 12.8. The highest BCUT2D eigenvalue weighted by atomic mass is 31.2. The van der Waals surface area contributed by atoms with E-state index in [0.29, 0.717) is 23.9 Å². The van der Waals surface area contributed by atoms with E-state index in [0.717, 1.165) is 64.2 Å². The molecule has 0 aromatic carbocycles. The number of phosphoric acid groups is 1. The number of esters is 2. The zero-order chi connectivity index (χ0) is 42.8. The second-order valence-corrected chi connectivity index (χ2v) is 18.2. The smallest absolute Gasteiger partial charge is 0.306 e. The maximum atomic E-state index is 12.7. The molecule has 2 atom stereocenters. The van der Waals surface area contributed by atoms with Gasteiger partial charge in [-0.3, -0.25) is 14.2 Å². The molecule has 0 heterocycles. The molecule has 0 aromatic rings. The first kappa shape index (κ1) is 56.0. The van der Waals surface area contributed by atoms with E-state index in [4.69, 9.17) is 18.5 Å². The van der Waals surface area contributed by atoms with Crippen LogP contribution in [-0.4, -0.2) is 70.0 Å². The highest BCUT2D eigenvalue weighted by molar-refractivity contribution is 7.45. The monoisotopic (exact) mass is 838 g/mol. The number of nitrogens with zero attached hydrogens (tertiary/aromatic N) is 1. The number of quaternary nitrogens is 1. The van der Waals surface area contributed by atoms with Crippen LogP contribution in [0.15, 0.2) is 48.6 Å². The lowest BCUT2D eigenvalue weighted by Gasteiger charge is -2.28. The van der Waals surface area contributed by atoms with Crippen molar-refractivity contribution in [2.75, 3.05) is 47.5 Å². The molecular weight excluding hydrogens is 750 g/mol. The molecule has 0 aliphatic rings. The largest absolute Gasteiger partial charge is 0.756 e. The van der Waals surface area contributed by atoms with Gasteiger partial charge in [-0.25, -0.2) is 0 Å². The molecule has 9 nitrogen and oxygen atoms in total. The Balaban J connectivity index is 4.37. The molecule has 58 heavy (non-hydrogen) atoms. The van der Waals surface area contributed by atoms with Crippen molar-refractivity contribution in [3.05, 3.63) is 48.6 Å². The van der Waals surface area contributed by atoms with Crippen LogP contribution in [-0.2, 0) is 32.7 Å². The number of unbranched alkanes of at least 4 members (excludes halogenated alkanes) is 20. The molecule has 0 saturated carbocycles. The Labute approximate surface area is 356 Å². The van der Waals surface area contributed by atoms with Crippen LogP contribution in [0, 0.1) is 0 Å². The van der Waals surface area contributed by atoms with Gasteiger partial charge < -0.3 is 27.9 Å². The number of phosphoric ester groups is 1. The zero-order valence-corrected chi connectivity index (χ0v) is 38.9. The Bertz CT molecular complexity index is 1130. The summed E-state index contributed by atoms with van der Waals surface area (Å²) < 4.78 is 33.9. The van der Waals surface area contributed by atoms with Crippen LogP contribution < -0.4 is 4.89 Å². The minimum atomic E-state index is -4.63. The van der Waals surface area contributed by atoms with E-state index in [1.54, 1.807) is 0 Å². The van der Waals surface area contributed by atoms with Crippen LogP contribution in [0.1, 0.15) is 194 Å². The first-order valence-electron chi connectivity index (χ1n) is 23.3. The third-order valence-electron chi connectivity index (χ3n) is 9.82. The first-order chi connectivity index (χ1) is 28.0. The maximum absolute atomic E-state index is 12.7. The van der Waals surface area contributed by atoms with Crippen molar-refractivity contribution in [3.8, 4) is 0 Å². The van der Waals surface area contributed by atoms with Gasteiger partial charge >= 0.3 is 11.9 Å². The van der Waals surface area contributed by atoms with E-state index in [-0.39, 0.29) is 26.1 Å². The maximum Gasteiger partial charge on any atom is 0.306 e. The van der Waals surface area contributed by atoms with Crippen molar-refractivity contribution in [1.82, 2.24) is 0 Å². The average molecular weight is 838 g/mol. The number of ether oxygens (including phenoxy) is 2. The Morgan fingerprint density at radius 2 is 0.931 bits per heavy atom. The van der Waals surface area contributed by atoms with Gasteiger partial charge in [0.05, 0.1) is 27.7 Å². The summed E-state index contributed by atoms with van der Waals surface area (Å²) in [7, 11) is 1.15. The summed E-state index contributed by atoms with van der Waals surface area (Å²) in [5.74, 6) is -0.864. The van der Waals surface area contributed by atoms with Crippen LogP contribution in [0.2, 0.25) is 0 Å². The van der Waals surface area contributed by atoms with E-state index < -0.39 is 32.5 Å². The fourth-order valence-corrected chi connectivity index (χ4v) is 6.85. The SMILES string of the molecule is CCCCC/C=C\C/C=C\C/C=C\CCCCCCC(=O)OC[C@H](COP(=O)([O-])OCC[N+](C)(C)C)OC(=O)CCCCCCCCC/C=C\CCCCCCCC. The fraction of sp³-hybridized carbons (Fsp3) is 0.792. The summed E-state index contributed by atoms with van der Waals surface area (Å²) in [5.41, 5.74) is 0. The topological polar surface area (TPSA) is 111 Å². The molecule has 0 spiro atoms. The van der Waals surface area contributed by atoms with Crippen LogP contribution in [0.4, 0.5) is 0 Å². The third-order valence-corrected chi connectivity index (χ3v) is 10.8. The highest BCUT2D eigenvalue weighted by Gasteiger charge is 2.21. The van der Waals surface area contributed by atoms with Gasteiger partial charge in [0.15, 0.2) is 6.10 Å². The molecule has 338 valence electrons. The Hall–Kier alpha value is -2.03. The molecule has 0 N–H and O–H groups in total. The number of hydrogen-bond donors (Lipinski definition) is 0. The van der Waals surface area contributed by atoms with Gasteiger partial charge in [-0.05, 0) is 77.0 Å². The summed E-state index contributed by atoms with van der Waals surface area (Å²) in [5, 5.41) is 0. The number of carbonyl (C=O) groups is 2. The van der Waals surface area contributed by atoms with Crippen molar-refractivity contribution in [3.63, 3.8) is 0 Å². The second kappa shape index (κ2) is 40.4. The van der Waals surface area contributed by atoms with E-state index in [2.05, 4.69) is 62.5 Å². The minimum absolute atomic E-state index is 0.0366. The lowest BCUT2D eigenvalue weighted by Crippen LogP contribution is -2.37. The van der Waals surface area contributed by atoms with E-state index in [1.807, 2.05) is 21.1 Å². The molecule has 10 heteroatoms. The lowest BCUT2D eigenvalue weighted by molar-refractivity contribution is -0.870. The summed E-state index contributed by atoms with van der Waals surface area (Å²) in [6, 6.07) is 0. The fourth-order valence-electron chi connectivity index (χ4n) is 6.13. The van der Waals surface area contributed by atoms with Gasteiger partial charge in [0.25, 0.3) is 7.82 Å². The number of likely N-dealkylation sites (N-methyl/N-ethyl adjacent to an activating group) is 1. The van der Waals surface area contributed by atoms with Crippen molar-refractivity contribution in [2.24, 2.45) is 0 Å². The molecule has 0 saturated heterocycles. The number of carbonyl (C=O) groups excluding carboxylic acids is 2. The van der Waals surface area contributed by atoms with Crippen molar-refractivity contribution in [2.45, 2.75) is 200 Å². The molecule has 0 radical (unpaired) electrons. The molecule has 1 unspecified atom stereocenters. The van der Waals surface area contributed by atoms with Gasteiger partial charge in [0.2, 0.25) is 0 Å². The highest BCUT2D eigenvalue weighted by Crippen LogP contribution is 2.38. The molecular formula is C48H88NO8P. The third kappa shape index (κ3) is 43.5. The minimum Gasteiger partial charge on any atom is -0.756 e. The van der Waals surface area contributed by atoms with Gasteiger partial charge in [-0.1, -0.05) is 152 Å². The summed E-state index contributed by atoms with van der Waals surface area (Å²) in [6.07, 6.45) is 47.0. The normalized spacial score (nSPS) is 14.0.